The van der Waals surface area contributed by atoms with Gasteiger partial charge in [0.05, 0.1) is 6.10 Å². The molecule has 1 atom stereocenters. The van der Waals surface area contributed by atoms with E-state index in [2.05, 4.69) is 10.0 Å². The van der Waals surface area contributed by atoms with Crippen LogP contribution < -0.4 is 10.0 Å². The number of nitrogens with one attached hydrogen (secondary N) is 2. The van der Waals surface area contributed by atoms with Gasteiger partial charge >= 0.3 is 0 Å². The van der Waals surface area contributed by atoms with Gasteiger partial charge in [0.2, 0.25) is 0 Å². The lowest BCUT2D eigenvalue weighted by Crippen LogP contribution is -2.47. The summed E-state index contributed by atoms with van der Waals surface area (Å²) in [6.07, 6.45) is 4.38. The number of ether oxygens (including phenoxy) is 1. The molecule has 20 heavy (non-hydrogen) atoms. The number of hydrogen-bond donors (Lipinski definition) is 2. The van der Waals surface area contributed by atoms with E-state index < -0.39 is 10.2 Å². The minimum absolute atomic E-state index is 0.106. The molecule has 1 aliphatic heterocycles. The highest BCUT2D eigenvalue weighted by Crippen LogP contribution is 2.22. The Morgan fingerprint density at radius 2 is 1.90 bits per heavy atom. The van der Waals surface area contributed by atoms with Crippen molar-refractivity contribution in [3.8, 4) is 0 Å². The molecule has 2 fully saturated rings. The first-order valence-electron chi connectivity index (χ1n) is 7.52. The molecule has 1 saturated carbocycles. The average Bonchev–Trinajstić information content (AvgIpc) is 3.27. The average molecular weight is 305 g/mol. The monoisotopic (exact) mass is 305 g/mol. The molecule has 6 nitrogen and oxygen atoms in total. The van der Waals surface area contributed by atoms with Gasteiger partial charge in [0, 0.05) is 32.8 Å². The summed E-state index contributed by atoms with van der Waals surface area (Å²) < 4.78 is 33.5. The molecular weight excluding hydrogens is 278 g/mol. The van der Waals surface area contributed by atoms with Crippen LogP contribution in [-0.4, -0.2) is 58.2 Å². The lowest BCUT2D eigenvalue weighted by atomic mass is 9.98. The molecule has 7 heteroatoms. The first-order chi connectivity index (χ1) is 9.51. The Labute approximate surface area is 122 Å². The lowest BCUT2D eigenvalue weighted by molar-refractivity contribution is 0.121. The Morgan fingerprint density at radius 1 is 1.25 bits per heavy atom. The van der Waals surface area contributed by atoms with Gasteiger partial charge in [-0.25, -0.2) is 0 Å². The molecule has 1 unspecified atom stereocenters. The van der Waals surface area contributed by atoms with E-state index in [1.807, 2.05) is 6.92 Å². The molecule has 0 aromatic rings. The van der Waals surface area contributed by atoms with Crippen LogP contribution in [0, 0.1) is 5.92 Å². The fourth-order valence-electron chi connectivity index (χ4n) is 2.37. The van der Waals surface area contributed by atoms with Crippen LogP contribution in [0.5, 0.6) is 0 Å². The highest BCUT2D eigenvalue weighted by molar-refractivity contribution is 7.87. The van der Waals surface area contributed by atoms with Crippen LogP contribution in [-0.2, 0) is 14.9 Å². The molecule has 2 N–H and O–H groups in total. The summed E-state index contributed by atoms with van der Waals surface area (Å²) in [6, 6.07) is 0.731. The van der Waals surface area contributed by atoms with Crippen molar-refractivity contribution in [2.75, 3.05) is 33.3 Å². The van der Waals surface area contributed by atoms with E-state index in [0.717, 1.165) is 25.4 Å². The Balaban J connectivity index is 1.70. The fraction of sp³-hybridized carbons (Fsp3) is 1.00. The van der Waals surface area contributed by atoms with Crippen molar-refractivity contribution in [3.63, 3.8) is 0 Å². The van der Waals surface area contributed by atoms with Gasteiger partial charge in [-0.1, -0.05) is 0 Å². The molecule has 1 saturated heterocycles. The Kier molecular flexibility index (Phi) is 5.80. The van der Waals surface area contributed by atoms with Crippen LogP contribution in [0.2, 0.25) is 0 Å². The SMILES string of the molecule is COC(C)CNS(=O)(=O)N1CCC(CNC2CC2)CC1. The van der Waals surface area contributed by atoms with E-state index in [0.29, 0.717) is 25.6 Å². The van der Waals surface area contributed by atoms with Crippen molar-refractivity contribution >= 4 is 10.2 Å². The van der Waals surface area contributed by atoms with Gasteiger partial charge in [-0.3, -0.25) is 0 Å². The topological polar surface area (TPSA) is 70.7 Å². The van der Waals surface area contributed by atoms with E-state index in [4.69, 9.17) is 4.74 Å². The van der Waals surface area contributed by atoms with Gasteiger partial charge in [0.25, 0.3) is 10.2 Å². The van der Waals surface area contributed by atoms with Gasteiger partial charge in [-0.05, 0) is 45.1 Å². The third-order valence-electron chi connectivity index (χ3n) is 4.14. The second-order valence-corrected chi connectivity index (χ2v) is 7.68. The second-order valence-electron chi connectivity index (χ2n) is 5.92. The lowest BCUT2D eigenvalue weighted by Gasteiger charge is -2.31. The summed E-state index contributed by atoms with van der Waals surface area (Å²) in [4.78, 5) is 0. The van der Waals surface area contributed by atoms with Crippen molar-refractivity contribution < 1.29 is 13.2 Å². The first kappa shape index (κ1) is 16.2. The molecule has 0 radical (unpaired) electrons. The van der Waals surface area contributed by atoms with Crippen molar-refractivity contribution in [1.82, 2.24) is 14.3 Å². The summed E-state index contributed by atoms with van der Waals surface area (Å²) in [5.41, 5.74) is 0. The normalized spacial score (nSPS) is 23.9. The minimum atomic E-state index is -3.35. The van der Waals surface area contributed by atoms with E-state index in [-0.39, 0.29) is 6.10 Å². The summed E-state index contributed by atoms with van der Waals surface area (Å²) in [5, 5.41) is 3.53. The zero-order valence-corrected chi connectivity index (χ0v) is 13.3. The molecule has 0 aromatic carbocycles. The van der Waals surface area contributed by atoms with Crippen LogP contribution in [0.1, 0.15) is 32.6 Å². The molecule has 0 spiro atoms. The quantitative estimate of drug-likeness (QED) is 0.677. The van der Waals surface area contributed by atoms with Crippen LogP contribution in [0.3, 0.4) is 0 Å². The first-order valence-corrected chi connectivity index (χ1v) is 8.96. The highest BCUT2D eigenvalue weighted by Gasteiger charge is 2.29. The molecule has 1 aliphatic carbocycles. The molecule has 118 valence electrons. The maximum absolute atomic E-state index is 12.1. The van der Waals surface area contributed by atoms with E-state index >= 15 is 0 Å². The standard InChI is InChI=1S/C13H27N3O3S/c1-11(19-2)9-15-20(17,18)16-7-5-12(6-8-16)10-14-13-3-4-13/h11-15H,3-10H2,1-2H3. The number of nitrogens with zero attached hydrogens (tertiary/aromatic N) is 1. The third-order valence-corrected chi connectivity index (χ3v) is 5.72. The predicted octanol–water partition coefficient (Wildman–Crippen LogP) is 0.320. The van der Waals surface area contributed by atoms with Gasteiger partial charge < -0.3 is 10.1 Å². The smallest absolute Gasteiger partial charge is 0.279 e. The van der Waals surface area contributed by atoms with Crippen LogP contribution in [0.4, 0.5) is 0 Å². The number of hydrogen-bond acceptors (Lipinski definition) is 4. The molecule has 1 heterocycles. The van der Waals surface area contributed by atoms with Crippen molar-refractivity contribution in [2.24, 2.45) is 5.92 Å². The molecule has 0 amide bonds. The number of methoxy groups -OCH3 is 1. The molecule has 0 bridgehead atoms. The summed E-state index contributed by atoms with van der Waals surface area (Å²) >= 11 is 0. The summed E-state index contributed by atoms with van der Waals surface area (Å²) in [5.74, 6) is 0.611. The Bertz CT molecular complexity index is 390. The third kappa shape index (κ3) is 4.96. The summed E-state index contributed by atoms with van der Waals surface area (Å²) in [6.45, 7) is 4.44. The van der Waals surface area contributed by atoms with Gasteiger partial charge in [0.15, 0.2) is 0 Å². The molecule has 0 aromatic heterocycles. The zero-order chi connectivity index (χ0) is 14.6. The predicted molar refractivity (Wildman–Crippen MR) is 78.7 cm³/mol. The van der Waals surface area contributed by atoms with Crippen molar-refractivity contribution in [3.05, 3.63) is 0 Å². The summed E-state index contributed by atoms with van der Waals surface area (Å²) in [7, 11) is -1.77. The van der Waals surface area contributed by atoms with Crippen molar-refractivity contribution in [2.45, 2.75) is 44.8 Å². The maximum atomic E-state index is 12.1. The van der Waals surface area contributed by atoms with Gasteiger partial charge in [-0.15, -0.1) is 0 Å². The zero-order valence-electron chi connectivity index (χ0n) is 12.5. The number of rotatable bonds is 8. The maximum Gasteiger partial charge on any atom is 0.279 e. The molecule has 2 rings (SSSR count). The van der Waals surface area contributed by atoms with E-state index in [9.17, 15) is 8.42 Å². The van der Waals surface area contributed by atoms with Crippen molar-refractivity contribution in [1.29, 1.82) is 0 Å². The number of piperidine rings is 1. The van der Waals surface area contributed by atoms with E-state index in [1.165, 1.54) is 12.8 Å². The van der Waals surface area contributed by atoms with Crippen LogP contribution in [0.25, 0.3) is 0 Å². The minimum Gasteiger partial charge on any atom is -0.380 e. The van der Waals surface area contributed by atoms with Crippen LogP contribution in [0.15, 0.2) is 0 Å². The Morgan fingerprint density at radius 3 is 2.45 bits per heavy atom. The molecule has 2 aliphatic rings. The second kappa shape index (κ2) is 7.17. The van der Waals surface area contributed by atoms with Crippen LogP contribution >= 0.6 is 0 Å². The van der Waals surface area contributed by atoms with E-state index in [1.54, 1.807) is 11.4 Å². The highest BCUT2D eigenvalue weighted by atomic mass is 32.2. The Hall–Kier alpha value is -0.210. The largest absolute Gasteiger partial charge is 0.380 e. The van der Waals surface area contributed by atoms with Gasteiger partial charge in [0.1, 0.15) is 0 Å². The molecular formula is C13H27N3O3S. The van der Waals surface area contributed by atoms with Gasteiger partial charge in [-0.2, -0.15) is 17.4 Å². The fourth-order valence-corrected chi connectivity index (χ4v) is 3.69.